The number of rotatable bonds is 11. The molecule has 11 heterocycles. The van der Waals surface area contributed by atoms with Crippen molar-refractivity contribution in [1.82, 2.24) is 68.9 Å². The molecule has 6 aliphatic heterocycles. The van der Waals surface area contributed by atoms with Crippen molar-refractivity contribution >= 4 is 73.9 Å². The number of anilines is 2. The van der Waals surface area contributed by atoms with Gasteiger partial charge in [-0.25, -0.2) is 24.7 Å². The van der Waals surface area contributed by atoms with Gasteiger partial charge in [0.05, 0.1) is 30.3 Å². The summed E-state index contributed by atoms with van der Waals surface area (Å²) in [6.07, 6.45) is 8.42. The van der Waals surface area contributed by atoms with Crippen LogP contribution in [0, 0.1) is 0 Å². The molecule has 0 fully saturated rings. The number of amides is 1. The average molecular weight is 841 g/mol. The van der Waals surface area contributed by atoms with Crippen molar-refractivity contribution in [3.8, 4) is 22.9 Å². The average Bonchev–Trinajstić information content (AvgIpc) is 4.05. The van der Waals surface area contributed by atoms with E-state index in [9.17, 15) is 4.79 Å². The Morgan fingerprint density at radius 1 is 0.783 bits per heavy atom. The highest BCUT2D eigenvalue weighted by molar-refractivity contribution is 6.28. The maximum absolute atomic E-state index is 10.9. The van der Waals surface area contributed by atoms with Crippen LogP contribution in [0.5, 0.6) is 0 Å². The van der Waals surface area contributed by atoms with Gasteiger partial charge in [0.25, 0.3) is 0 Å². The number of carbonyl (C=O) groups is 1. The number of nitrogens with zero attached hydrogens (tertiary/aromatic N) is 12. The summed E-state index contributed by atoms with van der Waals surface area (Å²) in [4.78, 5) is 36.3. The van der Waals surface area contributed by atoms with Crippen molar-refractivity contribution in [1.29, 1.82) is 0 Å². The number of hydrogen-bond acceptors (Lipinski definition) is 16. The number of imidazole rings is 2. The van der Waals surface area contributed by atoms with Crippen LogP contribution < -0.4 is 22.1 Å². The second kappa shape index (κ2) is 17.3. The Bertz CT molecular complexity index is 2860. The molecule has 0 unspecified atom stereocenters. The van der Waals surface area contributed by atoms with Crippen LogP contribution >= 0.6 is 11.6 Å². The molecule has 1 amide bonds. The Hall–Kier alpha value is -7.33. The molecule has 13 rings (SSSR count). The lowest BCUT2D eigenvalue weighted by molar-refractivity contribution is 0.00177. The number of fused-ring (bicyclic) bond motifs is 4. The molecular formula is C37H41ClN16O6. The summed E-state index contributed by atoms with van der Waals surface area (Å²) in [6, 6.07) is 13.6. The van der Waals surface area contributed by atoms with Gasteiger partial charge in [-0.05, 0) is 93.3 Å². The van der Waals surface area contributed by atoms with Crippen LogP contribution in [0.4, 0.5) is 16.4 Å². The summed E-state index contributed by atoms with van der Waals surface area (Å²) in [7, 11) is 5.34. The number of nitrogens with two attached hydrogens (primary N) is 2. The normalized spacial score (nSPS) is 11.5. The molecule has 60 heavy (non-hydrogen) atoms. The Balaban J connectivity index is 0.000000118. The topological polar surface area (TPSA) is 270 Å². The molecule has 23 heteroatoms. The first-order chi connectivity index (χ1) is 29.2. The maximum atomic E-state index is 10.9. The fraction of sp³-hybridized carbons (Fsp3) is 0.297. The number of halogens is 1. The van der Waals surface area contributed by atoms with Gasteiger partial charge in [0.15, 0.2) is 28.8 Å². The van der Waals surface area contributed by atoms with Crippen molar-refractivity contribution in [2.24, 2.45) is 7.05 Å². The predicted molar refractivity (Wildman–Crippen MR) is 220 cm³/mol. The lowest BCUT2D eigenvalue weighted by Gasteiger charge is -2.06. The third-order valence-electron chi connectivity index (χ3n) is 9.51. The Labute approximate surface area is 344 Å². The van der Waals surface area contributed by atoms with Gasteiger partial charge in [0, 0.05) is 33.4 Å². The minimum absolute atomic E-state index is 0.0969. The lowest BCUT2D eigenvalue weighted by atomic mass is 10.2. The Morgan fingerprint density at radius 2 is 1.38 bits per heavy atom. The lowest BCUT2D eigenvalue weighted by Crippen LogP contribution is -2.19. The SMILES string of the molecule is CNC(=O)OCCCCn1cnc2c(N)nc(Cl)nc21.CNCCCCn1cnc2c(N)nc(-c3ccnn3C)nc21.c1cc2cc3c1oon2-3.c1cc2cc3c1oon2-3. The van der Waals surface area contributed by atoms with Crippen LogP contribution in [0.15, 0.2) is 79.8 Å². The third kappa shape index (κ3) is 8.04. The van der Waals surface area contributed by atoms with Gasteiger partial charge in [0.1, 0.15) is 28.1 Å². The van der Waals surface area contributed by atoms with Crippen molar-refractivity contribution in [2.45, 2.75) is 38.8 Å². The summed E-state index contributed by atoms with van der Waals surface area (Å²) in [5.41, 5.74) is 21.0. The number of pyridine rings is 2. The van der Waals surface area contributed by atoms with E-state index in [1.54, 1.807) is 33.0 Å². The van der Waals surface area contributed by atoms with Crippen LogP contribution in [-0.2, 0) is 24.9 Å². The van der Waals surface area contributed by atoms with E-state index in [0.29, 0.717) is 41.5 Å². The summed E-state index contributed by atoms with van der Waals surface area (Å²) in [5, 5.41) is 9.78. The van der Waals surface area contributed by atoms with Crippen molar-refractivity contribution < 1.29 is 28.0 Å². The smallest absolute Gasteiger partial charge is 0.406 e. The first-order valence-corrected chi connectivity index (χ1v) is 19.3. The monoisotopic (exact) mass is 840 g/mol. The highest BCUT2D eigenvalue weighted by atomic mass is 35.5. The predicted octanol–water partition coefficient (Wildman–Crippen LogP) is 5.39. The molecule has 8 bridgehead atoms. The standard InChI is InChI=1S/C14H20N8.C11H15ClN6O2.2C6H3NO2/c1-16-6-3-4-8-22-9-17-11-12(15)19-13(20-14(11)22)10-5-7-18-21(10)2;1-14-11(19)20-5-3-2-4-18-6-15-7-8(13)16-10(12)17-9(7)18;2*1-2-6-5-3-4(1)7(5)9-8-6/h5,7,9,16H,3-4,6,8H2,1-2H3,(H2,15,19,20);6H,2-5H2,1H3,(H,14,19)(H2,13,16,17);2*1-3H. The second-order valence-electron chi connectivity index (χ2n) is 13.5. The molecule has 5 aromatic heterocycles. The number of alkyl carbamates (subject to hydrolysis) is 1. The number of aromatic nitrogens is 12. The van der Waals surface area contributed by atoms with Gasteiger partial charge in [0.2, 0.25) is 16.4 Å². The first kappa shape index (κ1) is 39.5. The number of aryl methyl sites for hydroxylation is 3. The van der Waals surface area contributed by atoms with E-state index in [1.807, 2.05) is 65.7 Å². The molecule has 6 N–H and O–H groups in total. The number of carbonyl (C=O) groups excluding carboxylic acids is 1. The fourth-order valence-corrected chi connectivity index (χ4v) is 6.51. The second-order valence-corrected chi connectivity index (χ2v) is 13.8. The van der Waals surface area contributed by atoms with Gasteiger partial charge >= 0.3 is 6.09 Å². The van der Waals surface area contributed by atoms with E-state index in [1.165, 1.54) is 7.05 Å². The number of nitrogen functional groups attached to an aromatic ring is 2. The van der Waals surface area contributed by atoms with E-state index in [4.69, 9.17) is 46.3 Å². The van der Waals surface area contributed by atoms with E-state index >= 15 is 0 Å². The highest BCUT2D eigenvalue weighted by Crippen LogP contribution is 2.31. The summed E-state index contributed by atoms with van der Waals surface area (Å²) >= 11 is 5.78. The Morgan fingerprint density at radius 3 is 1.92 bits per heavy atom. The van der Waals surface area contributed by atoms with Crippen molar-refractivity contribution in [2.75, 3.05) is 38.7 Å². The Kier molecular flexibility index (Phi) is 11.4. The molecule has 0 aliphatic carbocycles. The summed E-state index contributed by atoms with van der Waals surface area (Å²) in [6.45, 7) is 2.91. The third-order valence-corrected chi connectivity index (χ3v) is 9.67. The van der Waals surface area contributed by atoms with Crippen LogP contribution in [0.3, 0.4) is 0 Å². The van der Waals surface area contributed by atoms with Gasteiger partial charge in [-0.3, -0.25) is 13.8 Å². The molecular weight excluding hydrogens is 800 g/mol. The first-order valence-electron chi connectivity index (χ1n) is 18.9. The minimum atomic E-state index is -0.426. The van der Waals surface area contributed by atoms with E-state index in [0.717, 1.165) is 83.7 Å². The quantitative estimate of drug-likeness (QED) is 0.0722. The number of unbranched alkanes of at least 4 members (excludes halogenated alkanes) is 2. The van der Waals surface area contributed by atoms with E-state index < -0.39 is 6.09 Å². The van der Waals surface area contributed by atoms with Gasteiger partial charge in [-0.1, -0.05) is 0 Å². The maximum Gasteiger partial charge on any atom is 0.406 e. The van der Waals surface area contributed by atoms with Gasteiger partial charge < -0.3 is 36.0 Å². The van der Waals surface area contributed by atoms with Crippen molar-refractivity contribution in [3.63, 3.8) is 0 Å². The molecule has 22 nitrogen and oxygen atoms in total. The number of nitrogens with one attached hydrogen (secondary N) is 2. The largest absolute Gasteiger partial charge is 0.450 e. The molecule has 7 aromatic rings. The zero-order chi connectivity index (χ0) is 41.8. The van der Waals surface area contributed by atoms with Crippen molar-refractivity contribution in [3.05, 3.63) is 66.6 Å². The fourth-order valence-electron chi connectivity index (χ4n) is 6.33. The van der Waals surface area contributed by atoms with Crippen LogP contribution in [-0.4, -0.2) is 91.6 Å². The molecule has 0 radical (unpaired) electrons. The van der Waals surface area contributed by atoms with E-state index in [-0.39, 0.29) is 11.1 Å². The van der Waals surface area contributed by atoms with Gasteiger partial charge in [-0.2, -0.15) is 24.4 Å². The number of benzene rings is 2. The molecule has 0 spiro atoms. The molecule has 0 saturated carbocycles. The number of ether oxygens (including phenoxy) is 1. The zero-order valence-electron chi connectivity index (χ0n) is 32.8. The molecule has 6 aliphatic rings. The summed E-state index contributed by atoms with van der Waals surface area (Å²) < 4.78 is 33.0. The van der Waals surface area contributed by atoms with Crippen LogP contribution in [0.1, 0.15) is 25.7 Å². The highest BCUT2D eigenvalue weighted by Gasteiger charge is 2.20. The molecule has 0 saturated heterocycles. The van der Waals surface area contributed by atoms with Gasteiger partial charge in [-0.15, -0.1) is 9.48 Å². The van der Waals surface area contributed by atoms with E-state index in [2.05, 4.69) is 45.6 Å². The minimum Gasteiger partial charge on any atom is -0.450 e. The van der Waals surface area contributed by atoms with Crippen LogP contribution in [0.25, 0.3) is 67.4 Å². The molecule has 2 aromatic carbocycles. The number of hydrogen-bond donors (Lipinski definition) is 4. The molecule has 312 valence electrons. The van der Waals surface area contributed by atoms with Crippen LogP contribution in [0.2, 0.25) is 5.28 Å². The molecule has 0 atom stereocenters. The zero-order valence-corrected chi connectivity index (χ0v) is 33.5. The summed E-state index contributed by atoms with van der Waals surface area (Å²) in [5.74, 6) is 1.24.